The van der Waals surface area contributed by atoms with Crippen LogP contribution in [-0.2, 0) is 47.7 Å². The van der Waals surface area contributed by atoms with E-state index >= 15 is 0 Å². The summed E-state index contributed by atoms with van der Waals surface area (Å²) in [5.41, 5.74) is -3.49. The molecular weight excluding hydrogens is 562 g/mol. The molecule has 0 bridgehead atoms. The van der Waals surface area contributed by atoms with Gasteiger partial charge in [-0.3, -0.25) is 24.0 Å². The van der Waals surface area contributed by atoms with Crippen LogP contribution in [0.5, 0.6) is 0 Å². The first kappa shape index (κ1) is 36.9. The Bertz CT molecular complexity index is 1060. The van der Waals surface area contributed by atoms with Crippen molar-refractivity contribution in [2.75, 3.05) is 21.2 Å². The molecule has 0 aromatic carbocycles. The van der Waals surface area contributed by atoms with Gasteiger partial charge < -0.3 is 33.7 Å². The van der Waals surface area contributed by atoms with Crippen molar-refractivity contribution in [3.8, 4) is 0 Å². The van der Waals surface area contributed by atoms with Gasteiger partial charge in [0.25, 0.3) is 0 Å². The van der Waals surface area contributed by atoms with Gasteiger partial charge in [0.1, 0.15) is 17.8 Å². The molecule has 12 nitrogen and oxygen atoms in total. The smallest absolute Gasteiger partial charge is 0.316 e. The van der Waals surface area contributed by atoms with Crippen LogP contribution in [0.15, 0.2) is 0 Å². The third-order valence-corrected chi connectivity index (χ3v) is 9.19. The van der Waals surface area contributed by atoms with E-state index in [1.807, 2.05) is 25.9 Å². The first-order valence-electron chi connectivity index (χ1n) is 14.9. The molecule has 246 valence electrons. The van der Waals surface area contributed by atoms with Gasteiger partial charge >= 0.3 is 11.9 Å². The van der Waals surface area contributed by atoms with Gasteiger partial charge in [0.15, 0.2) is 29.6 Å². The number of rotatable bonds is 5. The van der Waals surface area contributed by atoms with Crippen molar-refractivity contribution in [2.45, 2.75) is 123 Å². The highest BCUT2D eigenvalue weighted by Gasteiger charge is 2.52. The van der Waals surface area contributed by atoms with Crippen LogP contribution in [0.1, 0.15) is 75.2 Å². The lowest BCUT2D eigenvalue weighted by Gasteiger charge is -2.47. The summed E-state index contributed by atoms with van der Waals surface area (Å²) in [5, 5.41) is 11.0. The molecule has 2 fully saturated rings. The Morgan fingerprint density at radius 2 is 1.56 bits per heavy atom. The molecule has 0 unspecified atom stereocenters. The normalized spacial score (nSPS) is 42.4. The van der Waals surface area contributed by atoms with Crippen molar-refractivity contribution in [3.05, 3.63) is 0 Å². The molecule has 43 heavy (non-hydrogen) atoms. The molecule has 0 saturated carbocycles. The number of nitrogens with zero attached hydrogens (tertiary/aromatic N) is 1. The highest BCUT2D eigenvalue weighted by molar-refractivity contribution is 6.07. The van der Waals surface area contributed by atoms with Crippen LogP contribution in [-0.4, -0.2) is 108 Å². The summed E-state index contributed by atoms with van der Waals surface area (Å²) in [4.78, 5) is 67.8. The van der Waals surface area contributed by atoms with E-state index in [1.54, 1.807) is 20.8 Å². The average molecular weight is 614 g/mol. The quantitative estimate of drug-likeness (QED) is 0.357. The second kappa shape index (κ2) is 14.2. The number of hydrogen-bond acceptors (Lipinski definition) is 12. The summed E-state index contributed by atoms with van der Waals surface area (Å²) in [5.74, 6) is -7.55. The second-order valence-corrected chi connectivity index (χ2v) is 13.0. The fourth-order valence-corrected chi connectivity index (χ4v) is 6.16. The average Bonchev–Trinajstić information content (AvgIpc) is 2.93. The lowest BCUT2D eigenvalue weighted by molar-refractivity contribution is -0.298. The van der Waals surface area contributed by atoms with Gasteiger partial charge in [-0.05, 0) is 68.5 Å². The van der Waals surface area contributed by atoms with E-state index in [0.717, 1.165) is 0 Å². The summed E-state index contributed by atoms with van der Waals surface area (Å²) in [7, 11) is 5.12. The summed E-state index contributed by atoms with van der Waals surface area (Å²) < 4.78 is 29.8. The van der Waals surface area contributed by atoms with Crippen LogP contribution < -0.4 is 0 Å². The van der Waals surface area contributed by atoms with E-state index in [0.29, 0.717) is 6.42 Å². The third-order valence-electron chi connectivity index (χ3n) is 9.19. The number of likely N-dealkylation sites (N-methyl/N-ethyl adjacent to an activating group) is 1. The van der Waals surface area contributed by atoms with Gasteiger partial charge in [0.05, 0.1) is 29.8 Å². The Morgan fingerprint density at radius 1 is 0.977 bits per heavy atom. The van der Waals surface area contributed by atoms with E-state index in [1.165, 1.54) is 41.7 Å². The van der Waals surface area contributed by atoms with Crippen LogP contribution in [0.2, 0.25) is 0 Å². The van der Waals surface area contributed by atoms with Crippen LogP contribution in [0.4, 0.5) is 0 Å². The SMILES string of the molecule is CO[C@]1(C)C[C@@H](C)C(=O)[C@H](C)C(=O)[C@](C)(O)[C@@H](C)OC(=O)[C@H](C)C(=O)[C@H](C)[C@H]1O[C@H]1O[C@H](C)C[C@H](N(C)C)[C@H]1OC(C)=O. The van der Waals surface area contributed by atoms with Crippen LogP contribution in [0.3, 0.4) is 0 Å². The third kappa shape index (κ3) is 8.08. The predicted molar refractivity (Wildman–Crippen MR) is 155 cm³/mol. The minimum Gasteiger partial charge on any atom is -0.459 e. The van der Waals surface area contributed by atoms with Crippen LogP contribution >= 0.6 is 0 Å². The number of aliphatic hydroxyl groups is 1. The Kier molecular flexibility index (Phi) is 12.2. The summed E-state index contributed by atoms with van der Waals surface area (Å²) in [6.07, 6.45) is -4.11. The second-order valence-electron chi connectivity index (χ2n) is 13.0. The Hall–Kier alpha value is -2.25. The Balaban J connectivity index is 2.67. The molecule has 0 amide bonds. The number of Topliss-reactive ketones (excluding diaryl/α,β-unsaturated/α-hetero) is 3. The van der Waals surface area contributed by atoms with E-state index in [2.05, 4.69) is 0 Å². The molecule has 2 heterocycles. The highest BCUT2D eigenvalue weighted by atomic mass is 16.7. The van der Waals surface area contributed by atoms with E-state index in [9.17, 15) is 29.1 Å². The predicted octanol–water partition coefficient (Wildman–Crippen LogP) is 2.11. The van der Waals surface area contributed by atoms with Crippen molar-refractivity contribution in [1.82, 2.24) is 4.90 Å². The molecule has 0 radical (unpaired) electrons. The monoisotopic (exact) mass is 613 g/mol. The van der Waals surface area contributed by atoms with Gasteiger partial charge in [-0.15, -0.1) is 0 Å². The maximum atomic E-state index is 13.8. The molecule has 0 aromatic heterocycles. The first-order valence-corrected chi connectivity index (χ1v) is 14.9. The molecule has 2 aliphatic heterocycles. The highest BCUT2D eigenvalue weighted by Crippen LogP contribution is 2.38. The van der Waals surface area contributed by atoms with Gasteiger partial charge in [0, 0.05) is 25.9 Å². The van der Waals surface area contributed by atoms with E-state index in [4.69, 9.17) is 23.7 Å². The number of methoxy groups -OCH3 is 1. The van der Waals surface area contributed by atoms with Crippen molar-refractivity contribution >= 4 is 29.3 Å². The Morgan fingerprint density at radius 3 is 2.07 bits per heavy atom. The number of ether oxygens (including phenoxy) is 5. The first-order chi connectivity index (χ1) is 19.7. The van der Waals surface area contributed by atoms with Crippen molar-refractivity contribution < 1.29 is 52.8 Å². The largest absolute Gasteiger partial charge is 0.459 e. The zero-order chi connectivity index (χ0) is 33.2. The standard InChI is InChI=1S/C31H51NO11/c1-15-14-30(8,39-12)27(43-29-25(42-21(7)33)22(32(10)11)13-16(2)40-29)18(4)24(35)19(5)28(37)41-20(6)31(9,38)26(36)17(3)23(15)34/h15-20,22,25,27,29,38H,13-14H2,1-12H3/t15-,16-,17+,18+,19-,20-,22+,25-,27-,29-,30-,31-/m1/s1. The molecule has 2 saturated heterocycles. The van der Waals surface area contributed by atoms with Crippen LogP contribution in [0, 0.1) is 23.7 Å². The zero-order valence-corrected chi connectivity index (χ0v) is 27.7. The molecule has 12 atom stereocenters. The molecule has 2 rings (SSSR count). The summed E-state index contributed by atoms with van der Waals surface area (Å²) >= 11 is 0. The van der Waals surface area contributed by atoms with Crippen molar-refractivity contribution in [2.24, 2.45) is 23.7 Å². The minimum absolute atomic E-state index is 0.0242. The molecule has 0 aromatic rings. The van der Waals surface area contributed by atoms with Crippen LogP contribution in [0.25, 0.3) is 0 Å². The van der Waals surface area contributed by atoms with Gasteiger partial charge in [-0.2, -0.15) is 0 Å². The lowest BCUT2D eigenvalue weighted by atomic mass is 9.75. The minimum atomic E-state index is -2.16. The molecule has 0 aliphatic carbocycles. The van der Waals surface area contributed by atoms with E-state index in [-0.39, 0.29) is 18.6 Å². The van der Waals surface area contributed by atoms with E-state index < -0.39 is 88.8 Å². The fraction of sp³-hybridized carbons (Fsp3) is 0.839. The number of hydrogen-bond donors (Lipinski definition) is 1. The number of cyclic esters (lactones) is 1. The molecule has 12 heteroatoms. The molecule has 0 spiro atoms. The fourth-order valence-electron chi connectivity index (χ4n) is 6.16. The van der Waals surface area contributed by atoms with Gasteiger partial charge in [-0.25, -0.2) is 0 Å². The van der Waals surface area contributed by atoms with Gasteiger partial charge in [0.2, 0.25) is 0 Å². The number of carbonyl (C=O) groups is 5. The van der Waals surface area contributed by atoms with Gasteiger partial charge in [-0.1, -0.05) is 13.8 Å². The molecular formula is C31H51NO11. The molecule has 2 aliphatic rings. The number of esters is 2. The maximum absolute atomic E-state index is 13.8. The zero-order valence-electron chi connectivity index (χ0n) is 27.7. The Labute approximate surface area is 255 Å². The topological polar surface area (TPSA) is 155 Å². The maximum Gasteiger partial charge on any atom is 0.316 e. The number of carbonyl (C=O) groups excluding carboxylic acids is 5. The van der Waals surface area contributed by atoms with Crippen molar-refractivity contribution in [3.63, 3.8) is 0 Å². The lowest BCUT2D eigenvalue weighted by Crippen LogP contribution is -2.60. The number of ketones is 3. The summed E-state index contributed by atoms with van der Waals surface area (Å²) in [6.45, 7) is 13.4. The summed E-state index contributed by atoms with van der Waals surface area (Å²) in [6, 6.07) is -0.272. The van der Waals surface area contributed by atoms with Crippen molar-refractivity contribution in [1.29, 1.82) is 0 Å². The molecule has 1 N–H and O–H groups in total.